The standard InChI is InChI=1S/C10H13FN2O2/c1-6(12)10(14)13-8-4-3-7(11)5-9(8)15-2/h3-6H,12H2,1-2H3,(H,13,14)/t6-/m0/s1. The molecule has 0 aromatic heterocycles. The fraction of sp³-hybridized carbons (Fsp3) is 0.300. The van der Waals surface area contributed by atoms with Crippen LogP contribution in [0.25, 0.3) is 0 Å². The molecular formula is C10H13FN2O2. The van der Waals surface area contributed by atoms with Crippen molar-refractivity contribution in [1.29, 1.82) is 0 Å². The summed E-state index contributed by atoms with van der Waals surface area (Å²) in [6.45, 7) is 1.56. The monoisotopic (exact) mass is 212 g/mol. The summed E-state index contributed by atoms with van der Waals surface area (Å²) in [6.07, 6.45) is 0. The molecule has 0 unspecified atom stereocenters. The third-order valence-corrected chi connectivity index (χ3v) is 1.84. The summed E-state index contributed by atoms with van der Waals surface area (Å²) in [5.74, 6) is -0.505. The first kappa shape index (κ1) is 11.5. The third-order valence-electron chi connectivity index (χ3n) is 1.84. The van der Waals surface area contributed by atoms with Gasteiger partial charge in [-0.15, -0.1) is 0 Å². The Bertz CT molecular complexity index is 366. The number of hydrogen-bond acceptors (Lipinski definition) is 3. The van der Waals surface area contributed by atoms with E-state index in [1.54, 1.807) is 6.92 Å². The average Bonchev–Trinajstić information content (AvgIpc) is 2.20. The van der Waals surface area contributed by atoms with Crippen LogP contribution in [0.2, 0.25) is 0 Å². The molecule has 0 aliphatic rings. The Kier molecular flexibility index (Phi) is 3.62. The van der Waals surface area contributed by atoms with Gasteiger partial charge in [-0.25, -0.2) is 4.39 Å². The lowest BCUT2D eigenvalue weighted by atomic mass is 10.2. The van der Waals surface area contributed by atoms with Crippen LogP contribution in [0.3, 0.4) is 0 Å². The highest BCUT2D eigenvalue weighted by Crippen LogP contribution is 2.24. The van der Waals surface area contributed by atoms with Crippen LogP contribution < -0.4 is 15.8 Å². The SMILES string of the molecule is COc1cc(F)ccc1NC(=O)[C@H](C)N. The normalized spacial score (nSPS) is 12.0. The quantitative estimate of drug-likeness (QED) is 0.789. The molecule has 4 nitrogen and oxygen atoms in total. The first-order valence-corrected chi connectivity index (χ1v) is 4.44. The van der Waals surface area contributed by atoms with Gasteiger partial charge >= 0.3 is 0 Å². The van der Waals surface area contributed by atoms with Crippen LogP contribution in [0.15, 0.2) is 18.2 Å². The number of ether oxygens (including phenoxy) is 1. The van der Waals surface area contributed by atoms with Crippen LogP contribution in [-0.4, -0.2) is 19.1 Å². The van der Waals surface area contributed by atoms with E-state index in [4.69, 9.17) is 10.5 Å². The molecule has 0 aliphatic carbocycles. The van der Waals surface area contributed by atoms with Crippen molar-refractivity contribution in [2.45, 2.75) is 13.0 Å². The third kappa shape index (κ3) is 2.92. The maximum Gasteiger partial charge on any atom is 0.241 e. The highest BCUT2D eigenvalue weighted by Gasteiger charge is 2.11. The van der Waals surface area contributed by atoms with E-state index in [0.29, 0.717) is 5.69 Å². The first-order valence-electron chi connectivity index (χ1n) is 4.44. The largest absolute Gasteiger partial charge is 0.494 e. The second kappa shape index (κ2) is 4.75. The van der Waals surface area contributed by atoms with Crippen molar-refractivity contribution in [3.63, 3.8) is 0 Å². The zero-order chi connectivity index (χ0) is 11.4. The van der Waals surface area contributed by atoms with Crippen molar-refractivity contribution < 1.29 is 13.9 Å². The van der Waals surface area contributed by atoms with E-state index in [1.807, 2.05) is 0 Å². The van der Waals surface area contributed by atoms with E-state index in [-0.39, 0.29) is 11.7 Å². The molecule has 1 aromatic carbocycles. The smallest absolute Gasteiger partial charge is 0.241 e. The lowest BCUT2D eigenvalue weighted by Gasteiger charge is -2.11. The molecule has 5 heteroatoms. The molecule has 0 aliphatic heterocycles. The van der Waals surface area contributed by atoms with Crippen molar-refractivity contribution in [2.75, 3.05) is 12.4 Å². The topological polar surface area (TPSA) is 64.3 Å². The molecule has 0 bridgehead atoms. The Morgan fingerprint density at radius 2 is 2.27 bits per heavy atom. The summed E-state index contributed by atoms with van der Waals surface area (Å²) in [5.41, 5.74) is 5.78. The Labute approximate surface area is 87.2 Å². The van der Waals surface area contributed by atoms with Gasteiger partial charge in [0.1, 0.15) is 11.6 Å². The van der Waals surface area contributed by atoms with Gasteiger partial charge in [0.25, 0.3) is 0 Å². The Balaban J connectivity index is 2.89. The van der Waals surface area contributed by atoms with Crippen LogP contribution >= 0.6 is 0 Å². The molecule has 1 rings (SSSR count). The lowest BCUT2D eigenvalue weighted by molar-refractivity contribution is -0.117. The van der Waals surface area contributed by atoms with Gasteiger partial charge in [0.2, 0.25) is 5.91 Å². The number of hydrogen-bond donors (Lipinski definition) is 2. The van der Waals surface area contributed by atoms with E-state index in [2.05, 4.69) is 5.32 Å². The van der Waals surface area contributed by atoms with Crippen molar-refractivity contribution in [1.82, 2.24) is 0 Å². The van der Waals surface area contributed by atoms with Gasteiger partial charge < -0.3 is 15.8 Å². The first-order chi connectivity index (χ1) is 7.04. The maximum absolute atomic E-state index is 12.8. The minimum Gasteiger partial charge on any atom is -0.494 e. The van der Waals surface area contributed by atoms with E-state index >= 15 is 0 Å². The molecule has 0 heterocycles. The molecule has 1 atom stereocenters. The van der Waals surface area contributed by atoms with Crippen LogP contribution in [0, 0.1) is 5.82 Å². The molecular weight excluding hydrogens is 199 g/mol. The average molecular weight is 212 g/mol. The number of nitrogens with one attached hydrogen (secondary N) is 1. The summed E-state index contributed by atoms with van der Waals surface area (Å²) in [6, 6.07) is 3.23. The summed E-state index contributed by atoms with van der Waals surface area (Å²) in [5, 5.41) is 2.53. The minimum atomic E-state index is -0.625. The molecule has 0 saturated heterocycles. The number of rotatable bonds is 3. The van der Waals surface area contributed by atoms with Crippen molar-refractivity contribution >= 4 is 11.6 Å². The Morgan fingerprint density at radius 3 is 2.80 bits per heavy atom. The van der Waals surface area contributed by atoms with Crippen LogP contribution in [0.4, 0.5) is 10.1 Å². The zero-order valence-corrected chi connectivity index (χ0v) is 8.58. The molecule has 0 radical (unpaired) electrons. The van der Waals surface area contributed by atoms with E-state index in [1.165, 1.54) is 25.3 Å². The molecule has 1 aromatic rings. The lowest BCUT2D eigenvalue weighted by Crippen LogP contribution is -2.32. The Hall–Kier alpha value is -1.62. The number of carbonyl (C=O) groups is 1. The minimum absolute atomic E-state index is 0.268. The molecule has 3 N–H and O–H groups in total. The van der Waals surface area contributed by atoms with Gasteiger partial charge in [-0.2, -0.15) is 0 Å². The predicted molar refractivity (Wildman–Crippen MR) is 55.2 cm³/mol. The fourth-order valence-corrected chi connectivity index (χ4v) is 1.01. The summed E-state index contributed by atoms with van der Waals surface area (Å²) >= 11 is 0. The van der Waals surface area contributed by atoms with Gasteiger partial charge in [-0.3, -0.25) is 4.79 Å². The van der Waals surface area contributed by atoms with Crippen LogP contribution in [0.1, 0.15) is 6.92 Å². The second-order valence-electron chi connectivity index (χ2n) is 3.12. The number of carbonyl (C=O) groups excluding carboxylic acids is 1. The van der Waals surface area contributed by atoms with Gasteiger partial charge in [0.15, 0.2) is 0 Å². The summed E-state index contributed by atoms with van der Waals surface area (Å²) in [7, 11) is 1.40. The fourth-order valence-electron chi connectivity index (χ4n) is 1.01. The molecule has 1 amide bonds. The predicted octanol–water partition coefficient (Wildman–Crippen LogP) is 1.12. The van der Waals surface area contributed by atoms with E-state index < -0.39 is 11.9 Å². The maximum atomic E-state index is 12.8. The van der Waals surface area contributed by atoms with Crippen molar-refractivity contribution in [2.24, 2.45) is 5.73 Å². The molecule has 0 fully saturated rings. The van der Waals surface area contributed by atoms with Crippen molar-refractivity contribution in [3.8, 4) is 5.75 Å². The Morgan fingerprint density at radius 1 is 1.60 bits per heavy atom. The molecule has 0 spiro atoms. The number of amides is 1. The summed E-state index contributed by atoms with van der Waals surface area (Å²) < 4.78 is 17.7. The number of halogens is 1. The molecule has 15 heavy (non-hydrogen) atoms. The zero-order valence-electron chi connectivity index (χ0n) is 8.58. The molecule has 82 valence electrons. The van der Waals surface area contributed by atoms with Gasteiger partial charge in [0, 0.05) is 6.07 Å². The highest BCUT2D eigenvalue weighted by molar-refractivity contribution is 5.95. The van der Waals surface area contributed by atoms with Gasteiger partial charge in [0.05, 0.1) is 18.8 Å². The summed E-state index contributed by atoms with van der Waals surface area (Å²) in [4.78, 5) is 11.3. The van der Waals surface area contributed by atoms with Crippen molar-refractivity contribution in [3.05, 3.63) is 24.0 Å². The number of benzene rings is 1. The molecule has 0 saturated carbocycles. The van der Waals surface area contributed by atoms with Crippen LogP contribution in [0.5, 0.6) is 5.75 Å². The second-order valence-corrected chi connectivity index (χ2v) is 3.12. The van der Waals surface area contributed by atoms with Gasteiger partial charge in [-0.05, 0) is 19.1 Å². The number of nitrogens with two attached hydrogens (primary N) is 1. The highest BCUT2D eigenvalue weighted by atomic mass is 19.1. The van der Waals surface area contributed by atoms with Gasteiger partial charge in [-0.1, -0.05) is 0 Å². The van der Waals surface area contributed by atoms with Crippen LogP contribution in [-0.2, 0) is 4.79 Å². The number of anilines is 1. The van der Waals surface area contributed by atoms with E-state index in [0.717, 1.165) is 0 Å². The number of methoxy groups -OCH3 is 1. The van der Waals surface area contributed by atoms with E-state index in [9.17, 15) is 9.18 Å².